The Balaban J connectivity index is 3.55. The lowest BCUT2D eigenvalue weighted by Crippen LogP contribution is -2.07. The van der Waals surface area contributed by atoms with Crippen LogP contribution < -0.4 is 0 Å². The van der Waals surface area contributed by atoms with E-state index in [0.29, 0.717) is 0 Å². The van der Waals surface area contributed by atoms with Crippen LogP contribution in [0.1, 0.15) is 6.92 Å². The largest absolute Gasteiger partial charge is 0.270 e. The highest BCUT2D eigenvalue weighted by atomic mass is 15.4. The van der Waals surface area contributed by atoms with Crippen LogP contribution in [-0.4, -0.2) is 18.3 Å². The van der Waals surface area contributed by atoms with E-state index in [4.69, 9.17) is 0 Å². The second kappa shape index (κ2) is 5.09. The van der Waals surface area contributed by atoms with Crippen LogP contribution in [0.4, 0.5) is 0 Å². The van der Waals surface area contributed by atoms with Gasteiger partial charge in [0.25, 0.3) is 0 Å². The van der Waals surface area contributed by atoms with Gasteiger partial charge in [0.15, 0.2) is 0 Å². The molecule has 0 saturated heterocycles. The van der Waals surface area contributed by atoms with E-state index in [1.54, 1.807) is 11.2 Å². The van der Waals surface area contributed by atoms with Gasteiger partial charge in [0, 0.05) is 12.9 Å². The third-order valence-electron chi connectivity index (χ3n) is 0.921. The van der Waals surface area contributed by atoms with Crippen LogP contribution in [0.15, 0.2) is 30.0 Å². The van der Waals surface area contributed by atoms with Gasteiger partial charge in [-0.2, -0.15) is 5.10 Å². The van der Waals surface area contributed by atoms with Crippen LogP contribution in [0.3, 0.4) is 0 Å². The molecule has 0 amide bonds. The topological polar surface area (TPSA) is 15.6 Å². The molecule has 0 aliphatic heterocycles. The molecule has 2 nitrogen and oxygen atoms in total. The number of nitrogens with zero attached hydrogens (tertiary/aromatic N) is 2. The zero-order valence-electron chi connectivity index (χ0n) is 5.75. The monoisotopic (exact) mass is 124 g/mol. The summed E-state index contributed by atoms with van der Waals surface area (Å²) in [5.41, 5.74) is 0. The highest BCUT2D eigenvalue weighted by Gasteiger charge is 1.84. The maximum atomic E-state index is 3.66. The number of hydrazone groups is 1. The molecule has 0 rings (SSSR count). The van der Waals surface area contributed by atoms with Crippen LogP contribution in [0.5, 0.6) is 0 Å². The van der Waals surface area contributed by atoms with Gasteiger partial charge < -0.3 is 0 Å². The van der Waals surface area contributed by atoms with Crippen molar-refractivity contribution in [3.8, 4) is 0 Å². The number of hydrogen-bond acceptors (Lipinski definition) is 2. The molecule has 0 aliphatic rings. The van der Waals surface area contributed by atoms with Gasteiger partial charge >= 0.3 is 0 Å². The molecule has 0 aliphatic carbocycles. The summed E-state index contributed by atoms with van der Waals surface area (Å²) in [4.78, 5) is 0. The molecule has 0 atom stereocenters. The average Bonchev–Trinajstić information content (AvgIpc) is 1.91. The van der Waals surface area contributed by atoms with E-state index in [1.165, 1.54) is 0 Å². The van der Waals surface area contributed by atoms with Crippen molar-refractivity contribution in [3.63, 3.8) is 0 Å². The lowest BCUT2D eigenvalue weighted by molar-refractivity contribution is 0.449. The van der Waals surface area contributed by atoms with E-state index in [1.807, 2.05) is 19.1 Å². The highest BCUT2D eigenvalue weighted by Crippen LogP contribution is 1.87. The van der Waals surface area contributed by atoms with E-state index in [9.17, 15) is 0 Å². The third-order valence-corrected chi connectivity index (χ3v) is 0.921. The summed E-state index contributed by atoms with van der Waals surface area (Å²) >= 11 is 0. The molecule has 0 spiro atoms. The van der Waals surface area contributed by atoms with Crippen molar-refractivity contribution in [2.75, 3.05) is 6.54 Å². The summed E-state index contributed by atoms with van der Waals surface area (Å²) in [5, 5.41) is 5.31. The third kappa shape index (κ3) is 3.53. The Bertz CT molecular complexity index is 108. The average molecular weight is 124 g/mol. The fourth-order valence-electron chi connectivity index (χ4n) is 0.403. The zero-order valence-corrected chi connectivity index (χ0v) is 5.75. The van der Waals surface area contributed by atoms with Crippen LogP contribution in [0, 0.1) is 0 Å². The van der Waals surface area contributed by atoms with Gasteiger partial charge in [0.05, 0.1) is 6.54 Å². The normalized spacial score (nSPS) is 9.44. The predicted octanol–water partition coefficient (Wildman–Crippen LogP) is 1.62. The summed E-state index contributed by atoms with van der Waals surface area (Å²) in [6, 6.07) is 0. The second-order valence-corrected chi connectivity index (χ2v) is 1.52. The summed E-state index contributed by atoms with van der Waals surface area (Å²) in [7, 11) is 0. The molecule has 0 radical (unpaired) electrons. The number of allylic oxidation sites excluding steroid dienone is 1. The Morgan fingerprint density at radius 3 is 2.67 bits per heavy atom. The van der Waals surface area contributed by atoms with Gasteiger partial charge in [0.2, 0.25) is 0 Å². The van der Waals surface area contributed by atoms with Crippen molar-refractivity contribution in [3.05, 3.63) is 24.9 Å². The van der Waals surface area contributed by atoms with Gasteiger partial charge in [-0.05, 0) is 6.92 Å². The second-order valence-electron chi connectivity index (χ2n) is 1.52. The molecule has 0 fully saturated rings. The van der Waals surface area contributed by atoms with Crippen molar-refractivity contribution in [2.24, 2.45) is 5.10 Å². The minimum absolute atomic E-state index is 0.753. The molecule has 0 saturated carbocycles. The van der Waals surface area contributed by atoms with E-state index < -0.39 is 0 Å². The van der Waals surface area contributed by atoms with Crippen molar-refractivity contribution in [1.82, 2.24) is 5.01 Å². The van der Waals surface area contributed by atoms with Gasteiger partial charge in [0.1, 0.15) is 0 Å². The predicted molar refractivity (Wildman–Crippen MR) is 41.3 cm³/mol. The Morgan fingerprint density at radius 1 is 1.67 bits per heavy atom. The van der Waals surface area contributed by atoms with Crippen LogP contribution >= 0.6 is 0 Å². The molecule has 0 aromatic carbocycles. The molecule has 9 heavy (non-hydrogen) atoms. The Hall–Kier alpha value is -1.05. The van der Waals surface area contributed by atoms with E-state index in [0.717, 1.165) is 6.54 Å². The molecule has 0 aromatic heterocycles. The van der Waals surface area contributed by atoms with Gasteiger partial charge in [-0.3, -0.25) is 5.01 Å². The minimum Gasteiger partial charge on any atom is -0.270 e. The first-order valence-corrected chi connectivity index (χ1v) is 2.82. The van der Waals surface area contributed by atoms with Crippen LogP contribution in [0.25, 0.3) is 0 Å². The smallest absolute Gasteiger partial charge is 0.0589 e. The molecular weight excluding hydrogens is 112 g/mol. The Morgan fingerprint density at radius 2 is 2.33 bits per heavy atom. The Kier molecular flexibility index (Phi) is 4.50. The van der Waals surface area contributed by atoms with Crippen LogP contribution in [0.2, 0.25) is 0 Å². The maximum absolute atomic E-state index is 3.66. The summed E-state index contributed by atoms with van der Waals surface area (Å²) in [6.45, 7) is 9.61. The van der Waals surface area contributed by atoms with Crippen LogP contribution in [-0.2, 0) is 0 Å². The molecule has 0 aromatic rings. The number of rotatable bonds is 4. The standard InChI is InChI=1S/C7H12N2/c1-4-6-7-9(5-2)8-3/h4-6H,2-3,7H2,1H3/b6-4-. The van der Waals surface area contributed by atoms with E-state index in [-0.39, 0.29) is 0 Å². The van der Waals surface area contributed by atoms with Crippen molar-refractivity contribution < 1.29 is 0 Å². The first-order chi connectivity index (χ1) is 4.35. The highest BCUT2D eigenvalue weighted by molar-refractivity contribution is 5.22. The molecule has 2 heteroatoms. The Labute approximate surface area is 56.2 Å². The summed E-state index contributed by atoms with van der Waals surface area (Å²) in [6.07, 6.45) is 5.57. The summed E-state index contributed by atoms with van der Waals surface area (Å²) in [5.74, 6) is 0. The molecule has 50 valence electrons. The molecule has 0 unspecified atom stereocenters. The maximum Gasteiger partial charge on any atom is 0.0589 e. The van der Waals surface area contributed by atoms with Gasteiger partial charge in [-0.25, -0.2) is 0 Å². The van der Waals surface area contributed by atoms with Crippen molar-refractivity contribution in [2.45, 2.75) is 6.92 Å². The molecule has 0 bridgehead atoms. The number of hydrogen-bond donors (Lipinski definition) is 0. The van der Waals surface area contributed by atoms with Gasteiger partial charge in [-0.15, -0.1) is 0 Å². The van der Waals surface area contributed by atoms with Crippen molar-refractivity contribution >= 4 is 6.72 Å². The SMILES string of the molecule is C=CN(C/C=C\C)N=C. The zero-order chi connectivity index (χ0) is 7.11. The first kappa shape index (κ1) is 7.95. The molecule has 0 heterocycles. The van der Waals surface area contributed by atoms with Crippen molar-refractivity contribution in [1.29, 1.82) is 0 Å². The minimum atomic E-state index is 0.753. The quantitative estimate of drug-likeness (QED) is 0.316. The lowest BCUT2D eigenvalue weighted by Gasteiger charge is -2.07. The lowest BCUT2D eigenvalue weighted by atomic mass is 10.5. The van der Waals surface area contributed by atoms with E-state index in [2.05, 4.69) is 18.4 Å². The fraction of sp³-hybridized carbons (Fsp3) is 0.286. The molecule has 0 N–H and O–H groups in total. The molecular formula is C7H12N2. The van der Waals surface area contributed by atoms with E-state index >= 15 is 0 Å². The van der Waals surface area contributed by atoms with Gasteiger partial charge in [-0.1, -0.05) is 18.7 Å². The first-order valence-electron chi connectivity index (χ1n) is 2.82. The fourth-order valence-corrected chi connectivity index (χ4v) is 0.403. The summed E-state index contributed by atoms with van der Waals surface area (Å²) < 4.78 is 0.